The van der Waals surface area contributed by atoms with Gasteiger partial charge in [0.25, 0.3) is 0 Å². The molecule has 0 aliphatic heterocycles. The van der Waals surface area contributed by atoms with Gasteiger partial charge < -0.3 is 4.74 Å². The van der Waals surface area contributed by atoms with Gasteiger partial charge in [0.15, 0.2) is 12.4 Å². The molecule has 0 heterocycles. The van der Waals surface area contributed by atoms with Gasteiger partial charge in [-0.1, -0.05) is 39.2 Å². The molecular formula is C21H34O3. The Labute approximate surface area is 147 Å². The molecule has 136 valence electrons. The average Bonchev–Trinajstić information content (AvgIpc) is 2.60. The molecule has 3 heteroatoms. The van der Waals surface area contributed by atoms with E-state index in [2.05, 4.69) is 13.5 Å². The quantitative estimate of drug-likeness (QED) is 0.481. The van der Waals surface area contributed by atoms with Crippen LogP contribution in [0.15, 0.2) is 12.2 Å². The molecule has 0 N–H and O–H groups in total. The fourth-order valence-corrected chi connectivity index (χ4v) is 4.56. The Balaban J connectivity index is 1.69. The number of carbonyl (C=O) groups excluding carboxylic acids is 2. The molecule has 0 unspecified atom stereocenters. The van der Waals surface area contributed by atoms with Crippen molar-refractivity contribution in [1.82, 2.24) is 0 Å². The Morgan fingerprint density at radius 1 is 0.958 bits per heavy atom. The molecule has 0 radical (unpaired) electrons. The molecule has 0 saturated heterocycles. The van der Waals surface area contributed by atoms with Crippen LogP contribution in [0, 0.1) is 23.7 Å². The van der Waals surface area contributed by atoms with E-state index in [4.69, 9.17) is 4.74 Å². The molecule has 24 heavy (non-hydrogen) atoms. The number of ketones is 1. The van der Waals surface area contributed by atoms with Crippen LogP contribution in [0.4, 0.5) is 0 Å². The zero-order valence-corrected chi connectivity index (χ0v) is 15.5. The van der Waals surface area contributed by atoms with Crippen molar-refractivity contribution in [1.29, 1.82) is 0 Å². The van der Waals surface area contributed by atoms with E-state index >= 15 is 0 Å². The van der Waals surface area contributed by atoms with Crippen LogP contribution in [0.25, 0.3) is 0 Å². The third-order valence-corrected chi connectivity index (χ3v) is 6.18. The van der Waals surface area contributed by atoms with Crippen LogP contribution in [0.1, 0.15) is 78.1 Å². The molecule has 0 aromatic rings. The second-order valence-corrected chi connectivity index (χ2v) is 7.99. The van der Waals surface area contributed by atoms with Gasteiger partial charge in [0.2, 0.25) is 0 Å². The van der Waals surface area contributed by atoms with Crippen molar-refractivity contribution in [3.05, 3.63) is 12.2 Å². The normalized spacial score (nSPS) is 30.6. The summed E-state index contributed by atoms with van der Waals surface area (Å²) in [6, 6.07) is 0. The van der Waals surface area contributed by atoms with Gasteiger partial charge in [-0.15, -0.1) is 0 Å². The van der Waals surface area contributed by atoms with Gasteiger partial charge in [0.1, 0.15) is 0 Å². The van der Waals surface area contributed by atoms with E-state index in [1.165, 1.54) is 38.5 Å². The third-order valence-electron chi connectivity index (χ3n) is 6.18. The molecule has 2 aliphatic carbocycles. The number of rotatable bonds is 7. The molecular weight excluding hydrogens is 300 g/mol. The van der Waals surface area contributed by atoms with Crippen LogP contribution < -0.4 is 0 Å². The summed E-state index contributed by atoms with van der Waals surface area (Å²) < 4.78 is 5.18. The van der Waals surface area contributed by atoms with Gasteiger partial charge in [-0.05, 0) is 68.8 Å². The predicted molar refractivity (Wildman–Crippen MR) is 96.6 cm³/mol. The highest BCUT2D eigenvalue weighted by Gasteiger charge is 2.33. The van der Waals surface area contributed by atoms with Crippen molar-refractivity contribution < 1.29 is 14.3 Å². The van der Waals surface area contributed by atoms with E-state index in [9.17, 15) is 9.59 Å². The summed E-state index contributed by atoms with van der Waals surface area (Å²) >= 11 is 0. The SMILES string of the molecule is C=C(C)C(=O)COC(=O)C1CCC(C2CCC(CCC)CC2)CC1. The van der Waals surface area contributed by atoms with Gasteiger partial charge in [0, 0.05) is 0 Å². The first-order chi connectivity index (χ1) is 11.5. The Kier molecular flexibility index (Phi) is 7.51. The van der Waals surface area contributed by atoms with E-state index < -0.39 is 0 Å². The second kappa shape index (κ2) is 9.39. The van der Waals surface area contributed by atoms with Crippen LogP contribution in [0.2, 0.25) is 0 Å². The molecule has 2 saturated carbocycles. The zero-order valence-electron chi connectivity index (χ0n) is 15.5. The summed E-state index contributed by atoms with van der Waals surface area (Å²) in [6.45, 7) is 7.38. The number of Topliss-reactive ketones (excluding diaryl/α,β-unsaturated/α-hetero) is 1. The van der Waals surface area contributed by atoms with Gasteiger partial charge in [-0.3, -0.25) is 9.59 Å². The van der Waals surface area contributed by atoms with Crippen LogP contribution in [0.5, 0.6) is 0 Å². The molecule has 0 bridgehead atoms. The summed E-state index contributed by atoms with van der Waals surface area (Å²) in [5.74, 6) is 2.27. The Hall–Kier alpha value is -1.12. The van der Waals surface area contributed by atoms with Crippen molar-refractivity contribution in [2.45, 2.75) is 78.1 Å². The fourth-order valence-electron chi connectivity index (χ4n) is 4.56. The molecule has 0 spiro atoms. The minimum Gasteiger partial charge on any atom is -0.457 e. The number of esters is 1. The highest BCUT2D eigenvalue weighted by molar-refractivity contribution is 5.96. The Bertz CT molecular complexity index is 438. The Morgan fingerprint density at radius 2 is 1.50 bits per heavy atom. The minimum atomic E-state index is -0.185. The van der Waals surface area contributed by atoms with Crippen molar-refractivity contribution in [2.75, 3.05) is 6.61 Å². The van der Waals surface area contributed by atoms with Crippen molar-refractivity contribution >= 4 is 11.8 Å². The van der Waals surface area contributed by atoms with Gasteiger partial charge >= 0.3 is 5.97 Å². The minimum absolute atomic E-state index is 0.00407. The molecule has 0 aromatic heterocycles. The van der Waals surface area contributed by atoms with Gasteiger partial charge in [-0.25, -0.2) is 0 Å². The molecule has 0 aromatic carbocycles. The lowest BCUT2D eigenvalue weighted by Crippen LogP contribution is -2.30. The zero-order chi connectivity index (χ0) is 17.5. The van der Waals surface area contributed by atoms with Crippen LogP contribution in [-0.2, 0) is 14.3 Å². The van der Waals surface area contributed by atoms with E-state index in [0.717, 1.165) is 43.4 Å². The lowest BCUT2D eigenvalue weighted by atomic mass is 9.69. The third kappa shape index (κ3) is 5.46. The second-order valence-electron chi connectivity index (χ2n) is 7.99. The van der Waals surface area contributed by atoms with Crippen molar-refractivity contribution in [2.24, 2.45) is 23.7 Å². The smallest absolute Gasteiger partial charge is 0.309 e. The standard InChI is InChI=1S/C21H34O3/c1-4-5-16-6-8-17(9-7-16)18-10-12-19(13-11-18)21(23)24-14-20(22)15(2)3/h16-19H,2,4-14H2,1,3H3. The van der Waals surface area contributed by atoms with Crippen molar-refractivity contribution in [3.8, 4) is 0 Å². The maximum absolute atomic E-state index is 12.1. The lowest BCUT2D eigenvalue weighted by molar-refractivity contribution is -0.152. The van der Waals surface area contributed by atoms with E-state index in [-0.39, 0.29) is 24.3 Å². The van der Waals surface area contributed by atoms with Gasteiger partial charge in [0.05, 0.1) is 5.92 Å². The monoisotopic (exact) mass is 334 g/mol. The molecule has 0 atom stereocenters. The van der Waals surface area contributed by atoms with Crippen LogP contribution >= 0.6 is 0 Å². The summed E-state index contributed by atoms with van der Waals surface area (Å²) in [4.78, 5) is 23.6. The van der Waals surface area contributed by atoms with Crippen LogP contribution in [-0.4, -0.2) is 18.4 Å². The Morgan fingerprint density at radius 3 is 2.00 bits per heavy atom. The van der Waals surface area contributed by atoms with E-state index in [1.54, 1.807) is 6.92 Å². The topological polar surface area (TPSA) is 43.4 Å². The molecule has 2 aliphatic rings. The number of ether oxygens (including phenoxy) is 1. The number of carbonyl (C=O) groups is 2. The average molecular weight is 335 g/mol. The van der Waals surface area contributed by atoms with Crippen molar-refractivity contribution in [3.63, 3.8) is 0 Å². The summed E-state index contributed by atoms with van der Waals surface area (Å²) in [6.07, 6.45) is 12.5. The number of hydrogen-bond acceptors (Lipinski definition) is 3. The highest BCUT2D eigenvalue weighted by Crippen LogP contribution is 2.42. The summed E-state index contributed by atoms with van der Waals surface area (Å²) in [5.41, 5.74) is 0.449. The van der Waals surface area contributed by atoms with E-state index in [0.29, 0.717) is 5.57 Å². The fraction of sp³-hybridized carbons (Fsp3) is 0.810. The first-order valence-corrected chi connectivity index (χ1v) is 9.86. The largest absolute Gasteiger partial charge is 0.457 e. The first-order valence-electron chi connectivity index (χ1n) is 9.86. The summed E-state index contributed by atoms with van der Waals surface area (Å²) in [7, 11) is 0. The number of hydrogen-bond donors (Lipinski definition) is 0. The summed E-state index contributed by atoms with van der Waals surface area (Å²) in [5, 5.41) is 0. The molecule has 2 rings (SSSR count). The first kappa shape index (κ1) is 19.2. The lowest BCUT2D eigenvalue weighted by Gasteiger charge is -2.37. The molecule has 2 fully saturated rings. The van der Waals surface area contributed by atoms with Crippen LogP contribution in [0.3, 0.4) is 0 Å². The highest BCUT2D eigenvalue weighted by atomic mass is 16.5. The molecule has 3 nitrogen and oxygen atoms in total. The maximum atomic E-state index is 12.1. The maximum Gasteiger partial charge on any atom is 0.309 e. The van der Waals surface area contributed by atoms with Gasteiger partial charge in [-0.2, -0.15) is 0 Å². The predicted octanol–water partition coefficient (Wildman–Crippen LogP) is 5.09. The molecule has 0 amide bonds. The van der Waals surface area contributed by atoms with E-state index in [1.807, 2.05) is 0 Å².